The standard InChI is InChI=1S/C35H37BrFN3O4S/c1-4-26(3)38-35(42)33(22-27-10-6-5-7-11-27)39(23-28-12-8-9-13-32(28)37)34(41)24-40(30-18-16-29(36)17-19-30)45(43,44)31-20-14-25(2)15-21-31/h5-21,26,33H,4,22-24H2,1-3H3,(H,38,42)/t26-,33-/m1/s1. The third-order valence-electron chi connectivity index (χ3n) is 7.57. The van der Waals surface area contributed by atoms with Gasteiger partial charge in [-0.3, -0.25) is 13.9 Å². The highest BCUT2D eigenvalue weighted by Crippen LogP contribution is 2.27. The van der Waals surface area contributed by atoms with E-state index in [1.807, 2.05) is 51.1 Å². The Morgan fingerprint density at radius 1 is 0.889 bits per heavy atom. The van der Waals surface area contributed by atoms with Crippen molar-refractivity contribution in [2.45, 2.75) is 57.1 Å². The number of hydrogen-bond acceptors (Lipinski definition) is 4. The fourth-order valence-electron chi connectivity index (χ4n) is 4.78. The van der Waals surface area contributed by atoms with Crippen LogP contribution in [0.5, 0.6) is 0 Å². The highest BCUT2D eigenvalue weighted by molar-refractivity contribution is 9.10. The maximum absolute atomic E-state index is 15.0. The van der Waals surface area contributed by atoms with Crippen LogP contribution in [-0.4, -0.2) is 43.8 Å². The topological polar surface area (TPSA) is 86.8 Å². The Morgan fingerprint density at radius 3 is 2.13 bits per heavy atom. The molecule has 0 radical (unpaired) electrons. The zero-order valence-electron chi connectivity index (χ0n) is 25.5. The lowest BCUT2D eigenvalue weighted by atomic mass is 10.0. The van der Waals surface area contributed by atoms with Crippen LogP contribution in [0.4, 0.5) is 10.1 Å². The Morgan fingerprint density at radius 2 is 1.51 bits per heavy atom. The van der Waals surface area contributed by atoms with Crippen LogP contribution in [-0.2, 0) is 32.6 Å². The van der Waals surface area contributed by atoms with Crippen LogP contribution >= 0.6 is 15.9 Å². The van der Waals surface area contributed by atoms with E-state index in [2.05, 4.69) is 21.2 Å². The Balaban J connectivity index is 1.81. The fraction of sp³-hybridized carbons (Fsp3) is 0.257. The van der Waals surface area contributed by atoms with E-state index in [1.54, 1.807) is 54.6 Å². The smallest absolute Gasteiger partial charge is 0.264 e. The molecule has 10 heteroatoms. The Kier molecular flexibility index (Phi) is 11.5. The first-order chi connectivity index (χ1) is 21.5. The van der Waals surface area contributed by atoms with Crippen molar-refractivity contribution in [3.8, 4) is 0 Å². The van der Waals surface area contributed by atoms with Gasteiger partial charge in [-0.15, -0.1) is 0 Å². The molecule has 4 rings (SSSR count). The van der Waals surface area contributed by atoms with Gasteiger partial charge in [0.25, 0.3) is 10.0 Å². The second kappa shape index (κ2) is 15.3. The van der Waals surface area contributed by atoms with Gasteiger partial charge in [0.05, 0.1) is 10.6 Å². The Hall–Kier alpha value is -4.02. The van der Waals surface area contributed by atoms with Crippen molar-refractivity contribution in [2.24, 2.45) is 0 Å². The van der Waals surface area contributed by atoms with E-state index in [1.165, 1.54) is 23.1 Å². The van der Waals surface area contributed by atoms with Crippen LogP contribution in [0, 0.1) is 12.7 Å². The van der Waals surface area contributed by atoms with E-state index in [0.717, 1.165) is 19.9 Å². The Labute approximate surface area is 273 Å². The highest BCUT2D eigenvalue weighted by atomic mass is 79.9. The molecule has 0 aliphatic rings. The zero-order chi connectivity index (χ0) is 32.6. The summed E-state index contributed by atoms with van der Waals surface area (Å²) in [6, 6.07) is 27.0. The van der Waals surface area contributed by atoms with Crippen molar-refractivity contribution in [3.63, 3.8) is 0 Å². The van der Waals surface area contributed by atoms with Crippen LogP contribution < -0.4 is 9.62 Å². The van der Waals surface area contributed by atoms with Crippen molar-refractivity contribution < 1.29 is 22.4 Å². The molecule has 0 saturated carbocycles. The molecule has 1 N–H and O–H groups in total. The summed E-state index contributed by atoms with van der Waals surface area (Å²) in [4.78, 5) is 29.6. The summed E-state index contributed by atoms with van der Waals surface area (Å²) in [6.07, 6.45) is 0.809. The van der Waals surface area contributed by atoms with E-state index in [4.69, 9.17) is 0 Å². The molecule has 0 bridgehead atoms. The molecule has 2 amide bonds. The molecule has 0 aliphatic heterocycles. The van der Waals surface area contributed by atoms with Gasteiger partial charge in [0.1, 0.15) is 18.4 Å². The van der Waals surface area contributed by atoms with Crippen LogP contribution in [0.25, 0.3) is 0 Å². The summed E-state index contributed by atoms with van der Waals surface area (Å²) in [7, 11) is -4.23. The first-order valence-electron chi connectivity index (χ1n) is 14.7. The molecule has 0 spiro atoms. The number of halogens is 2. The third-order valence-corrected chi connectivity index (χ3v) is 9.89. The van der Waals surface area contributed by atoms with Crippen molar-refractivity contribution in [1.82, 2.24) is 10.2 Å². The van der Waals surface area contributed by atoms with Gasteiger partial charge in [0.15, 0.2) is 0 Å². The van der Waals surface area contributed by atoms with Crippen molar-refractivity contribution in [2.75, 3.05) is 10.8 Å². The summed E-state index contributed by atoms with van der Waals surface area (Å²) >= 11 is 3.38. The summed E-state index contributed by atoms with van der Waals surface area (Å²) in [5.74, 6) is -1.60. The number of anilines is 1. The molecule has 236 valence electrons. The normalized spacial score (nSPS) is 12.6. The van der Waals surface area contributed by atoms with Crippen molar-refractivity contribution in [1.29, 1.82) is 0 Å². The molecule has 4 aromatic rings. The van der Waals surface area contributed by atoms with E-state index in [-0.39, 0.29) is 35.2 Å². The monoisotopic (exact) mass is 693 g/mol. The number of benzene rings is 4. The molecule has 0 heterocycles. The second-order valence-electron chi connectivity index (χ2n) is 10.9. The number of amides is 2. The lowest BCUT2D eigenvalue weighted by molar-refractivity contribution is -0.140. The maximum atomic E-state index is 15.0. The lowest BCUT2D eigenvalue weighted by Crippen LogP contribution is -2.54. The predicted octanol–water partition coefficient (Wildman–Crippen LogP) is 6.65. The molecule has 45 heavy (non-hydrogen) atoms. The number of sulfonamides is 1. The molecule has 2 atom stereocenters. The minimum absolute atomic E-state index is 0.0137. The van der Waals surface area contributed by atoms with Crippen LogP contribution in [0.3, 0.4) is 0 Å². The van der Waals surface area contributed by atoms with Crippen molar-refractivity contribution in [3.05, 3.63) is 130 Å². The minimum atomic E-state index is -4.23. The van der Waals surface area contributed by atoms with Gasteiger partial charge in [0, 0.05) is 29.0 Å². The van der Waals surface area contributed by atoms with Crippen LogP contribution in [0.1, 0.15) is 37.0 Å². The number of nitrogens with zero attached hydrogens (tertiary/aromatic N) is 2. The summed E-state index contributed by atoms with van der Waals surface area (Å²) in [5, 5.41) is 2.97. The number of aryl methyl sites for hydroxylation is 1. The maximum Gasteiger partial charge on any atom is 0.264 e. The second-order valence-corrected chi connectivity index (χ2v) is 13.7. The molecule has 7 nitrogen and oxygen atoms in total. The van der Waals surface area contributed by atoms with E-state index in [0.29, 0.717) is 6.42 Å². The molecule has 0 fully saturated rings. The van der Waals surface area contributed by atoms with Gasteiger partial charge in [-0.2, -0.15) is 0 Å². The van der Waals surface area contributed by atoms with E-state index in [9.17, 15) is 18.0 Å². The molecule has 0 saturated heterocycles. The third kappa shape index (κ3) is 8.79. The van der Waals surface area contributed by atoms with Crippen molar-refractivity contribution >= 4 is 43.5 Å². The molecule has 0 unspecified atom stereocenters. The average molecular weight is 695 g/mol. The van der Waals surface area contributed by atoms with E-state index < -0.39 is 40.2 Å². The molecule has 0 aromatic heterocycles. The van der Waals surface area contributed by atoms with Crippen LogP contribution in [0.15, 0.2) is 112 Å². The minimum Gasteiger partial charge on any atom is -0.352 e. The van der Waals surface area contributed by atoms with Crippen LogP contribution in [0.2, 0.25) is 0 Å². The van der Waals surface area contributed by atoms with E-state index >= 15 is 4.39 Å². The Bertz CT molecular complexity index is 1700. The molecule has 0 aliphatic carbocycles. The number of carbonyl (C=O) groups excluding carboxylic acids is 2. The molecule has 4 aromatic carbocycles. The van der Waals surface area contributed by atoms with Gasteiger partial charge in [0.2, 0.25) is 11.8 Å². The van der Waals surface area contributed by atoms with Gasteiger partial charge in [-0.25, -0.2) is 12.8 Å². The molecular weight excluding hydrogens is 657 g/mol. The van der Waals surface area contributed by atoms with Gasteiger partial charge >= 0.3 is 0 Å². The first kappa shape index (κ1) is 33.9. The number of rotatable bonds is 13. The van der Waals surface area contributed by atoms with Gasteiger partial charge < -0.3 is 10.2 Å². The number of hydrogen-bond donors (Lipinski definition) is 1. The number of nitrogens with one attached hydrogen (secondary N) is 1. The zero-order valence-corrected chi connectivity index (χ0v) is 27.9. The molecular formula is C35H37BrFN3O4S. The lowest BCUT2D eigenvalue weighted by Gasteiger charge is -2.34. The predicted molar refractivity (Wildman–Crippen MR) is 179 cm³/mol. The van der Waals surface area contributed by atoms with Gasteiger partial charge in [-0.05, 0) is 68.3 Å². The SMILES string of the molecule is CC[C@@H](C)NC(=O)[C@@H](Cc1ccccc1)N(Cc1ccccc1F)C(=O)CN(c1ccc(Br)cc1)S(=O)(=O)c1ccc(C)cc1. The number of carbonyl (C=O) groups is 2. The quantitative estimate of drug-likeness (QED) is 0.170. The first-order valence-corrected chi connectivity index (χ1v) is 16.9. The fourth-order valence-corrected chi connectivity index (χ4v) is 6.46. The largest absolute Gasteiger partial charge is 0.352 e. The summed E-state index contributed by atoms with van der Waals surface area (Å²) in [5.41, 5.74) is 2.15. The summed E-state index contributed by atoms with van der Waals surface area (Å²) in [6.45, 7) is 4.80. The van der Waals surface area contributed by atoms with Gasteiger partial charge in [-0.1, -0.05) is 89.1 Å². The average Bonchev–Trinajstić information content (AvgIpc) is 3.03. The summed E-state index contributed by atoms with van der Waals surface area (Å²) < 4.78 is 45.0. The highest BCUT2D eigenvalue weighted by Gasteiger charge is 2.35.